The molecular formula is C11H8ClNO3. The molecule has 0 unspecified atom stereocenters. The normalized spacial score (nSPS) is 9.31. The van der Waals surface area contributed by atoms with Gasteiger partial charge in [0.05, 0.1) is 13.0 Å². The van der Waals surface area contributed by atoms with Gasteiger partial charge in [-0.15, -0.1) is 11.6 Å². The summed E-state index contributed by atoms with van der Waals surface area (Å²) in [5.41, 5.74) is 0.211. The summed E-state index contributed by atoms with van der Waals surface area (Å²) in [6.45, 7) is 0. The van der Waals surface area contributed by atoms with Gasteiger partial charge in [-0.05, 0) is 12.1 Å². The minimum atomic E-state index is -0.400. The van der Waals surface area contributed by atoms with Gasteiger partial charge in [-0.3, -0.25) is 9.59 Å². The Bertz CT molecular complexity index is 477. The number of carbonyl (C=O) groups excluding carboxylic acids is 2. The van der Waals surface area contributed by atoms with Crippen LogP contribution in [0.5, 0.6) is 5.75 Å². The predicted molar refractivity (Wildman–Crippen MR) is 58.1 cm³/mol. The van der Waals surface area contributed by atoms with Gasteiger partial charge < -0.3 is 4.74 Å². The number of methoxy groups -OCH3 is 1. The zero-order chi connectivity index (χ0) is 12.1. The Balaban J connectivity index is 3.51. The van der Waals surface area contributed by atoms with Crippen LogP contribution in [0.25, 0.3) is 0 Å². The molecule has 1 rings (SSSR count). The fourth-order valence-corrected chi connectivity index (χ4v) is 1.47. The molecule has 16 heavy (non-hydrogen) atoms. The summed E-state index contributed by atoms with van der Waals surface area (Å²) in [6, 6.07) is 4.72. The molecule has 0 radical (unpaired) electrons. The third-order valence-corrected chi connectivity index (χ3v) is 2.32. The van der Waals surface area contributed by atoms with Gasteiger partial charge in [0.25, 0.3) is 0 Å². The summed E-state index contributed by atoms with van der Waals surface area (Å²) in [7, 11) is 1.38. The van der Waals surface area contributed by atoms with Crippen LogP contribution >= 0.6 is 11.6 Å². The number of ketones is 1. The van der Waals surface area contributed by atoms with Crippen molar-refractivity contribution in [1.82, 2.24) is 0 Å². The number of alkyl halides is 1. The largest absolute Gasteiger partial charge is 0.495 e. The van der Waals surface area contributed by atoms with Crippen LogP contribution in [-0.2, 0) is 0 Å². The van der Waals surface area contributed by atoms with Crippen LogP contribution < -0.4 is 4.74 Å². The highest BCUT2D eigenvalue weighted by Crippen LogP contribution is 2.24. The molecule has 0 amide bonds. The van der Waals surface area contributed by atoms with E-state index in [-0.39, 0.29) is 28.3 Å². The number of carbonyl (C=O) groups is 2. The van der Waals surface area contributed by atoms with E-state index >= 15 is 0 Å². The molecule has 0 bridgehead atoms. The van der Waals surface area contributed by atoms with Crippen molar-refractivity contribution in [3.05, 3.63) is 28.8 Å². The quantitative estimate of drug-likeness (QED) is 0.455. The number of benzene rings is 1. The standard InChI is InChI=1S/C11H8ClNO3/c1-16-11-3-2-7(10(15)4-12)9(6-14)8(11)5-13/h2-3,6H,4H2,1H3. The lowest BCUT2D eigenvalue weighted by atomic mass is 9.99. The highest BCUT2D eigenvalue weighted by Gasteiger charge is 2.17. The van der Waals surface area contributed by atoms with Crippen molar-refractivity contribution in [1.29, 1.82) is 5.26 Å². The Morgan fingerprint density at radius 3 is 2.75 bits per heavy atom. The van der Waals surface area contributed by atoms with Crippen LogP contribution in [0, 0.1) is 11.3 Å². The maximum Gasteiger partial charge on any atom is 0.178 e. The molecule has 4 nitrogen and oxygen atoms in total. The molecule has 1 aromatic rings. The molecule has 0 fully saturated rings. The fourth-order valence-electron chi connectivity index (χ4n) is 1.32. The van der Waals surface area contributed by atoms with E-state index < -0.39 is 5.78 Å². The summed E-state index contributed by atoms with van der Waals surface area (Å²) < 4.78 is 4.92. The fraction of sp³-hybridized carbons (Fsp3) is 0.182. The van der Waals surface area contributed by atoms with E-state index in [4.69, 9.17) is 21.6 Å². The molecule has 0 aliphatic carbocycles. The van der Waals surface area contributed by atoms with Crippen LogP contribution in [0.4, 0.5) is 0 Å². The topological polar surface area (TPSA) is 67.2 Å². The predicted octanol–water partition coefficient (Wildman–Crippen LogP) is 1.80. The third kappa shape index (κ3) is 2.05. The zero-order valence-electron chi connectivity index (χ0n) is 8.49. The first-order valence-electron chi connectivity index (χ1n) is 4.35. The number of hydrogen-bond donors (Lipinski definition) is 0. The molecule has 0 aliphatic rings. The van der Waals surface area contributed by atoms with Crippen molar-refractivity contribution >= 4 is 23.7 Å². The zero-order valence-corrected chi connectivity index (χ0v) is 9.25. The van der Waals surface area contributed by atoms with Gasteiger partial charge in [0.1, 0.15) is 17.4 Å². The molecule has 0 N–H and O–H groups in total. The van der Waals surface area contributed by atoms with E-state index in [9.17, 15) is 9.59 Å². The van der Waals surface area contributed by atoms with E-state index in [1.54, 1.807) is 0 Å². The van der Waals surface area contributed by atoms with Crippen LogP contribution in [0.1, 0.15) is 26.3 Å². The molecule has 0 saturated carbocycles. The second-order valence-electron chi connectivity index (χ2n) is 2.89. The molecule has 5 heteroatoms. The molecule has 0 atom stereocenters. The minimum Gasteiger partial charge on any atom is -0.495 e. The van der Waals surface area contributed by atoms with E-state index in [0.717, 1.165) is 0 Å². The number of rotatable bonds is 4. The number of nitrogens with zero attached hydrogens (tertiary/aromatic N) is 1. The monoisotopic (exact) mass is 237 g/mol. The Morgan fingerprint density at radius 1 is 1.62 bits per heavy atom. The summed E-state index contributed by atoms with van der Waals surface area (Å²) >= 11 is 5.41. The highest BCUT2D eigenvalue weighted by molar-refractivity contribution is 6.31. The first kappa shape index (κ1) is 12.2. The molecule has 0 saturated heterocycles. The van der Waals surface area contributed by atoms with E-state index in [2.05, 4.69) is 0 Å². The van der Waals surface area contributed by atoms with Crippen molar-refractivity contribution < 1.29 is 14.3 Å². The van der Waals surface area contributed by atoms with Crippen LogP contribution in [0.3, 0.4) is 0 Å². The SMILES string of the molecule is COc1ccc(C(=O)CCl)c(C=O)c1C#N. The highest BCUT2D eigenvalue weighted by atomic mass is 35.5. The number of aldehydes is 1. The van der Waals surface area contributed by atoms with E-state index in [1.807, 2.05) is 6.07 Å². The lowest BCUT2D eigenvalue weighted by Crippen LogP contribution is -2.07. The van der Waals surface area contributed by atoms with Gasteiger partial charge in [-0.1, -0.05) is 0 Å². The molecule has 1 aromatic carbocycles. The Kier molecular flexibility index (Phi) is 4.03. The van der Waals surface area contributed by atoms with E-state index in [0.29, 0.717) is 6.29 Å². The van der Waals surface area contributed by atoms with Crippen LogP contribution in [0.15, 0.2) is 12.1 Å². The second-order valence-corrected chi connectivity index (χ2v) is 3.16. The summed E-state index contributed by atoms with van der Waals surface area (Å²) in [5, 5.41) is 8.91. The number of ether oxygens (including phenoxy) is 1. The maximum atomic E-state index is 11.4. The Labute approximate surface area is 97.4 Å². The number of Topliss-reactive ketones (excluding diaryl/α,β-unsaturated/α-hetero) is 1. The molecule has 0 aliphatic heterocycles. The first-order valence-corrected chi connectivity index (χ1v) is 4.88. The van der Waals surface area contributed by atoms with Gasteiger partial charge in [0, 0.05) is 11.1 Å². The molecule has 0 heterocycles. The smallest absolute Gasteiger partial charge is 0.178 e. The average Bonchev–Trinajstić information content (AvgIpc) is 2.35. The van der Waals surface area contributed by atoms with Gasteiger partial charge in [0.2, 0.25) is 0 Å². The Hall–Kier alpha value is -1.86. The van der Waals surface area contributed by atoms with Crippen molar-refractivity contribution in [2.24, 2.45) is 0 Å². The van der Waals surface area contributed by atoms with Crippen molar-refractivity contribution in [2.75, 3.05) is 13.0 Å². The van der Waals surface area contributed by atoms with Crippen LogP contribution in [0.2, 0.25) is 0 Å². The summed E-state index contributed by atoms with van der Waals surface area (Å²) in [5.74, 6) is -0.378. The first-order chi connectivity index (χ1) is 7.69. The van der Waals surface area contributed by atoms with E-state index in [1.165, 1.54) is 19.2 Å². The minimum absolute atomic E-state index is 0.0208. The lowest BCUT2D eigenvalue weighted by molar-refractivity contribution is 0.101. The van der Waals surface area contributed by atoms with Gasteiger partial charge in [-0.25, -0.2) is 0 Å². The summed E-state index contributed by atoms with van der Waals surface area (Å²) in [6.07, 6.45) is 0.459. The number of nitriles is 1. The number of halogens is 1. The molecule has 82 valence electrons. The van der Waals surface area contributed by atoms with Crippen molar-refractivity contribution in [3.63, 3.8) is 0 Å². The van der Waals surface area contributed by atoms with Crippen LogP contribution in [-0.4, -0.2) is 25.1 Å². The maximum absolute atomic E-state index is 11.4. The summed E-state index contributed by atoms with van der Waals surface area (Å²) in [4.78, 5) is 22.3. The molecular weight excluding hydrogens is 230 g/mol. The van der Waals surface area contributed by atoms with Crippen molar-refractivity contribution in [2.45, 2.75) is 0 Å². The average molecular weight is 238 g/mol. The Morgan fingerprint density at radius 2 is 2.31 bits per heavy atom. The molecule has 0 aromatic heterocycles. The van der Waals surface area contributed by atoms with Gasteiger partial charge >= 0.3 is 0 Å². The molecule has 0 spiro atoms. The van der Waals surface area contributed by atoms with Crippen molar-refractivity contribution in [3.8, 4) is 11.8 Å². The second kappa shape index (κ2) is 5.29. The van der Waals surface area contributed by atoms with Gasteiger partial charge in [0.15, 0.2) is 12.1 Å². The van der Waals surface area contributed by atoms with Gasteiger partial charge in [-0.2, -0.15) is 5.26 Å². The third-order valence-electron chi connectivity index (χ3n) is 2.08. The number of hydrogen-bond acceptors (Lipinski definition) is 4. The lowest BCUT2D eigenvalue weighted by Gasteiger charge is -2.08.